The number of carbonyl (C=O) groups excluding carboxylic acids is 1. The summed E-state index contributed by atoms with van der Waals surface area (Å²) in [6.45, 7) is 19.0. The van der Waals surface area contributed by atoms with Crippen LogP contribution in [-0.4, -0.2) is 159 Å². The van der Waals surface area contributed by atoms with Gasteiger partial charge in [-0.1, -0.05) is 66.2 Å². The molecule has 0 radical (unpaired) electrons. The molecule has 1 amide bonds. The highest BCUT2D eigenvalue weighted by Gasteiger charge is 2.70. The molecule has 3 aliphatic heterocycles. The highest BCUT2D eigenvalue weighted by atomic mass is 16.8. The predicted octanol–water partition coefficient (Wildman–Crippen LogP) is 4.18. The molecule has 0 spiro atoms. The first-order chi connectivity index (χ1) is 33.9. The number of rotatable bonds is 10. The molecule has 0 bridgehead atoms. The second-order valence-corrected chi connectivity index (χ2v) is 24.8. The molecule has 17 nitrogen and oxygen atoms in total. The number of fused-ring (bicyclic) bond motifs is 7. The summed E-state index contributed by atoms with van der Waals surface area (Å²) in [7, 11) is 1.64. The number of aliphatic hydroxyl groups is 8. The van der Waals surface area contributed by atoms with Gasteiger partial charge in [0, 0.05) is 11.8 Å². The summed E-state index contributed by atoms with van der Waals surface area (Å²) in [6.07, 6.45) is -11.9. The quantitative estimate of drug-likeness (QED) is 0.118. The molecule has 0 aromatic heterocycles. The molecule has 1 aromatic carbocycles. The minimum Gasteiger partial charge on any atom is -0.497 e. The van der Waals surface area contributed by atoms with Crippen molar-refractivity contribution in [3.8, 4) is 5.75 Å². The van der Waals surface area contributed by atoms with Gasteiger partial charge in [0.15, 0.2) is 18.9 Å². The predicted molar refractivity (Wildman–Crippen MR) is 262 cm³/mol. The van der Waals surface area contributed by atoms with E-state index in [1.807, 2.05) is 24.3 Å². The Labute approximate surface area is 424 Å². The lowest BCUT2D eigenvalue weighted by Crippen LogP contribution is -2.68. The third-order valence-electron chi connectivity index (χ3n) is 21.0. The Morgan fingerprint density at radius 2 is 1.33 bits per heavy atom. The Morgan fingerprint density at radius 1 is 0.694 bits per heavy atom. The van der Waals surface area contributed by atoms with Crippen LogP contribution in [0.4, 0.5) is 5.69 Å². The van der Waals surface area contributed by atoms with Crippen LogP contribution in [0.25, 0.3) is 0 Å². The number of nitrogens with one attached hydrogen (secondary N) is 1. The van der Waals surface area contributed by atoms with Crippen LogP contribution in [0.3, 0.4) is 0 Å². The molecule has 7 fully saturated rings. The number of allylic oxidation sites excluding steroid dienone is 2. The van der Waals surface area contributed by atoms with Crippen molar-refractivity contribution in [2.75, 3.05) is 19.0 Å². The van der Waals surface area contributed by atoms with E-state index in [9.17, 15) is 45.6 Å². The Balaban J connectivity index is 0.982. The summed E-state index contributed by atoms with van der Waals surface area (Å²) in [5.74, 6) is 2.26. The summed E-state index contributed by atoms with van der Waals surface area (Å²) < 4.78 is 42.9. The molecule has 8 aliphatic rings. The SMILES string of the molecule is COc1cccc(NC(=O)[C@]23CC[C@@H](C)[C@H](C)[C@H]2C2=CC[C@@H]4[C@@]5(C)CC[C@H](O[C@@H]6O[C@H](CO)[C@@H](O[C@@H]7O[C@@H](C)[C@H](O)[C@@H](O)[C@H]7O)[C@H](O)[C@H]6O[C@@H]6O[C@@H](C)[C@H](O)[C@@H](O)[C@H]6O)C(C)(C)[C@@H]5CC[C@@]4(C)[C@]2(C)CC3)c1. The number of aliphatic hydroxyl groups excluding tert-OH is 8. The van der Waals surface area contributed by atoms with Gasteiger partial charge < -0.3 is 79.3 Å². The fraction of sp³-hybridized carbons (Fsp3) is 0.836. The van der Waals surface area contributed by atoms with Crippen LogP contribution in [0.15, 0.2) is 35.9 Å². The van der Waals surface area contributed by atoms with E-state index >= 15 is 0 Å². The van der Waals surface area contributed by atoms with Crippen LogP contribution in [-0.2, 0) is 33.2 Å². The van der Waals surface area contributed by atoms with Crippen LogP contribution in [0.1, 0.15) is 120 Å². The number of hydrogen-bond donors (Lipinski definition) is 9. The molecule has 4 saturated carbocycles. The van der Waals surface area contributed by atoms with E-state index in [4.69, 9.17) is 33.2 Å². The number of hydrogen-bond acceptors (Lipinski definition) is 16. The maximum Gasteiger partial charge on any atom is 0.231 e. The minimum atomic E-state index is -1.74. The van der Waals surface area contributed by atoms with E-state index in [0.717, 1.165) is 57.1 Å². The van der Waals surface area contributed by atoms with E-state index in [2.05, 4.69) is 59.9 Å². The van der Waals surface area contributed by atoms with Gasteiger partial charge in [-0.2, -0.15) is 0 Å². The van der Waals surface area contributed by atoms with E-state index in [1.54, 1.807) is 7.11 Å². The topological polar surface area (TPSA) is 256 Å². The average molecular weight is 1020 g/mol. The van der Waals surface area contributed by atoms with Gasteiger partial charge in [-0.3, -0.25) is 4.79 Å². The highest BCUT2D eigenvalue weighted by molar-refractivity contribution is 5.96. The highest BCUT2D eigenvalue weighted by Crippen LogP contribution is 2.76. The zero-order valence-electron chi connectivity index (χ0n) is 43.9. The lowest BCUT2D eigenvalue weighted by Gasteiger charge is -2.71. The van der Waals surface area contributed by atoms with E-state index in [0.29, 0.717) is 29.9 Å². The molecule has 9 rings (SSSR count). The molecule has 17 heteroatoms. The number of amides is 1. The van der Waals surface area contributed by atoms with Gasteiger partial charge in [0.2, 0.25) is 5.91 Å². The normalized spacial score (nSPS) is 51.1. The molecule has 72 heavy (non-hydrogen) atoms. The van der Waals surface area contributed by atoms with Gasteiger partial charge in [0.1, 0.15) is 66.8 Å². The third-order valence-corrected chi connectivity index (χ3v) is 21.0. The lowest BCUT2D eigenvalue weighted by molar-refractivity contribution is -0.393. The van der Waals surface area contributed by atoms with Crippen LogP contribution >= 0.6 is 0 Å². The molecule has 3 heterocycles. The maximum atomic E-state index is 14.9. The van der Waals surface area contributed by atoms with Gasteiger partial charge in [0.05, 0.1) is 37.4 Å². The summed E-state index contributed by atoms with van der Waals surface area (Å²) in [5, 5.41) is 90.5. The Morgan fingerprint density at radius 3 is 1.96 bits per heavy atom. The molecular weight excluding hydrogens is 931 g/mol. The zero-order valence-corrected chi connectivity index (χ0v) is 43.9. The average Bonchev–Trinajstić information content (AvgIpc) is 3.34. The van der Waals surface area contributed by atoms with Crippen LogP contribution in [0.2, 0.25) is 0 Å². The number of methoxy groups -OCH3 is 1. The second-order valence-electron chi connectivity index (χ2n) is 24.8. The Kier molecular flexibility index (Phi) is 15.1. The lowest BCUT2D eigenvalue weighted by atomic mass is 9.33. The molecule has 1 aromatic rings. The number of benzene rings is 1. The van der Waals surface area contributed by atoms with Gasteiger partial charge >= 0.3 is 0 Å². The maximum absolute atomic E-state index is 14.9. The molecule has 406 valence electrons. The largest absolute Gasteiger partial charge is 0.497 e. The Bertz CT molecular complexity index is 2140. The van der Waals surface area contributed by atoms with Crippen molar-refractivity contribution < 1.29 is 78.8 Å². The van der Waals surface area contributed by atoms with Gasteiger partial charge in [-0.25, -0.2) is 0 Å². The Hall–Kier alpha value is -2.33. The summed E-state index contributed by atoms with van der Waals surface area (Å²) in [6, 6.07) is 7.63. The molecule has 9 N–H and O–H groups in total. The van der Waals surface area contributed by atoms with Crippen molar-refractivity contribution in [3.05, 3.63) is 35.9 Å². The number of anilines is 1. The van der Waals surface area contributed by atoms with Crippen molar-refractivity contribution >= 4 is 11.6 Å². The molecule has 0 unspecified atom stereocenters. The second kappa shape index (κ2) is 19.9. The first-order valence-electron chi connectivity index (χ1n) is 26.8. The van der Waals surface area contributed by atoms with E-state index in [-0.39, 0.29) is 34.0 Å². The molecule has 3 saturated heterocycles. The van der Waals surface area contributed by atoms with Gasteiger partial charge in [0.25, 0.3) is 0 Å². The van der Waals surface area contributed by atoms with Crippen molar-refractivity contribution in [2.24, 2.45) is 56.7 Å². The van der Waals surface area contributed by atoms with Crippen LogP contribution in [0, 0.1) is 56.7 Å². The van der Waals surface area contributed by atoms with Crippen LogP contribution < -0.4 is 10.1 Å². The van der Waals surface area contributed by atoms with Crippen molar-refractivity contribution in [2.45, 2.75) is 218 Å². The minimum absolute atomic E-state index is 0.0571. The number of carbonyl (C=O) groups is 1. The van der Waals surface area contributed by atoms with Gasteiger partial charge in [-0.05, 0) is 135 Å². The third kappa shape index (κ3) is 8.63. The first kappa shape index (κ1) is 54.5. The van der Waals surface area contributed by atoms with Crippen molar-refractivity contribution in [1.29, 1.82) is 0 Å². The van der Waals surface area contributed by atoms with E-state index < -0.39 is 116 Å². The smallest absolute Gasteiger partial charge is 0.231 e. The molecule has 25 atom stereocenters. The van der Waals surface area contributed by atoms with Crippen LogP contribution in [0.5, 0.6) is 5.75 Å². The summed E-state index contributed by atoms with van der Waals surface area (Å²) in [4.78, 5) is 14.9. The monoisotopic (exact) mass is 1020 g/mol. The van der Waals surface area contributed by atoms with Gasteiger partial charge in [-0.15, -0.1) is 0 Å². The molecular formula is C55H85NO16. The van der Waals surface area contributed by atoms with Crippen molar-refractivity contribution in [3.63, 3.8) is 0 Å². The summed E-state index contributed by atoms with van der Waals surface area (Å²) >= 11 is 0. The molecule has 5 aliphatic carbocycles. The summed E-state index contributed by atoms with van der Waals surface area (Å²) in [5.41, 5.74) is 0.949. The van der Waals surface area contributed by atoms with E-state index in [1.165, 1.54) is 19.4 Å². The fourth-order valence-corrected chi connectivity index (χ4v) is 16.2. The van der Waals surface area contributed by atoms with Crippen molar-refractivity contribution in [1.82, 2.24) is 0 Å². The number of ether oxygens (including phenoxy) is 7. The first-order valence-corrected chi connectivity index (χ1v) is 26.8. The zero-order chi connectivity index (χ0) is 52.2. The fourth-order valence-electron chi connectivity index (χ4n) is 16.2. The standard InChI is InChI=1S/C55H85NO16/c1-26-16-21-55(50(65)56-30-12-11-13-31(24-30)66-10)23-22-53(8)32(37(55)27(26)2)14-15-35-52(7)19-18-36(51(5,6)34(52)17-20-54(35,53)9)70-49-46(72-48-43(63)41(61)39(59)29(4)68-48)44(64)45(33(25-57)69-49)71-47-42(62)40(60)38(58)28(3)67-47/h11-14,24,26-29,33-49,57-64H,15-23,25H2,1-10H3,(H,56,65)/t26-,27+,28+,29+,33-,34+,35-,36+,37+,38+,39+,40-,41-,42-,43-,44+,45-,46-,47+,48+,49+,52+,53-,54-,55+/m1/s1.